The van der Waals surface area contributed by atoms with Crippen molar-refractivity contribution in [2.75, 3.05) is 6.54 Å². The minimum absolute atomic E-state index is 0.0530. The number of benzene rings is 1. The number of halogens is 7. The molecule has 1 heterocycles. The Hall–Kier alpha value is -2.36. The Bertz CT molecular complexity index is 905. The second kappa shape index (κ2) is 9.25. The van der Waals surface area contributed by atoms with E-state index in [2.05, 4.69) is 0 Å². The fraction of sp³-hybridized carbons (Fsp3) is 0.500. The summed E-state index contributed by atoms with van der Waals surface area (Å²) in [5, 5.41) is 9.11. The molecule has 1 aliphatic heterocycles. The van der Waals surface area contributed by atoms with Gasteiger partial charge in [0, 0.05) is 24.6 Å². The molecule has 10 heteroatoms. The quantitative estimate of drug-likeness (QED) is 0.546. The topological polar surface area (TPSA) is 40.5 Å². The fourth-order valence-electron chi connectivity index (χ4n) is 4.42. The number of nitrogens with zero attached hydrogens (tertiary/aromatic N) is 1. The molecule has 3 atom stereocenters. The highest BCUT2D eigenvalue weighted by molar-refractivity contribution is 5.67. The molecule has 0 bridgehead atoms. The lowest BCUT2D eigenvalue weighted by molar-refractivity contribution is -0.139. The summed E-state index contributed by atoms with van der Waals surface area (Å²) in [5.74, 6) is -2.42. The molecule has 1 aromatic rings. The van der Waals surface area contributed by atoms with E-state index in [9.17, 15) is 35.5 Å². The summed E-state index contributed by atoms with van der Waals surface area (Å²) in [6.07, 6.45) is -4.94. The molecule has 2 aliphatic rings. The van der Waals surface area contributed by atoms with Gasteiger partial charge in [0.2, 0.25) is 0 Å². The zero-order chi connectivity index (χ0) is 23.7. The van der Waals surface area contributed by atoms with E-state index in [0.29, 0.717) is 25.5 Å². The summed E-state index contributed by atoms with van der Waals surface area (Å²) < 4.78 is 92.2. The average Bonchev–Trinajstić information content (AvgIpc) is 2.69. The summed E-state index contributed by atoms with van der Waals surface area (Å²) in [6, 6.07) is 1.73. The van der Waals surface area contributed by atoms with Crippen LogP contribution in [0.5, 0.6) is 0 Å². The standard InChI is InChI=1S/C22H22F7NO2/c23-18-6-5-17(22(27,28)29)11-15(18)12-30-8-7-13(10-20(31)32)9-19(30)14-1-3-16(4-2-14)21(24,25)26/h1,3-6,11,13-14,19H,2,7-10,12H2,(H,31,32)/t13-,14?,19+/m0/s1. The SMILES string of the molecule is O=C(O)C[C@H]1CCN(Cc2cc(C(F)(F)F)ccc2F)[C@@H](C2C=CC(C(F)(F)F)=CC2)C1. The number of hydrogen-bond donors (Lipinski definition) is 1. The minimum atomic E-state index is -4.64. The van der Waals surface area contributed by atoms with Crippen LogP contribution >= 0.6 is 0 Å². The molecule has 0 saturated carbocycles. The Balaban J connectivity index is 1.83. The van der Waals surface area contributed by atoms with E-state index in [1.54, 1.807) is 4.90 Å². The molecule has 1 fully saturated rings. The first kappa shape index (κ1) is 24.3. The van der Waals surface area contributed by atoms with Crippen molar-refractivity contribution in [2.24, 2.45) is 11.8 Å². The normalized spacial score (nSPS) is 25.0. The van der Waals surface area contributed by atoms with Gasteiger partial charge in [-0.1, -0.05) is 18.2 Å². The van der Waals surface area contributed by atoms with Crippen molar-refractivity contribution in [1.29, 1.82) is 0 Å². The molecule has 0 radical (unpaired) electrons. The molecule has 1 aliphatic carbocycles. The maximum absolute atomic E-state index is 14.3. The molecule has 3 rings (SSSR count). The van der Waals surface area contributed by atoms with Crippen LogP contribution in [0.15, 0.2) is 42.0 Å². The highest BCUT2D eigenvalue weighted by Gasteiger charge is 2.38. The number of hydrogen-bond acceptors (Lipinski definition) is 2. The van der Waals surface area contributed by atoms with Crippen LogP contribution in [0.2, 0.25) is 0 Å². The van der Waals surface area contributed by atoms with E-state index in [0.717, 1.165) is 24.3 Å². The van der Waals surface area contributed by atoms with Crippen molar-refractivity contribution in [3.8, 4) is 0 Å². The predicted octanol–water partition coefficient (Wildman–Crippen LogP) is 5.96. The number of carboxylic acid groups (broad SMARTS) is 1. The van der Waals surface area contributed by atoms with Gasteiger partial charge in [0.25, 0.3) is 0 Å². The van der Waals surface area contributed by atoms with Crippen molar-refractivity contribution >= 4 is 5.97 Å². The van der Waals surface area contributed by atoms with Crippen molar-refractivity contribution in [1.82, 2.24) is 4.90 Å². The predicted molar refractivity (Wildman–Crippen MR) is 102 cm³/mol. The van der Waals surface area contributed by atoms with Crippen molar-refractivity contribution < 1.29 is 40.6 Å². The van der Waals surface area contributed by atoms with Gasteiger partial charge in [-0.25, -0.2) is 4.39 Å². The van der Waals surface area contributed by atoms with Crippen LogP contribution in [-0.2, 0) is 17.5 Å². The first-order chi connectivity index (χ1) is 14.8. The summed E-state index contributed by atoms with van der Waals surface area (Å²) >= 11 is 0. The van der Waals surface area contributed by atoms with Gasteiger partial charge in [-0.2, -0.15) is 26.3 Å². The summed E-state index contributed by atoms with van der Waals surface area (Å²) in [4.78, 5) is 12.9. The molecule has 3 nitrogen and oxygen atoms in total. The van der Waals surface area contributed by atoms with Gasteiger partial charge in [0.15, 0.2) is 0 Å². The third kappa shape index (κ3) is 5.90. The van der Waals surface area contributed by atoms with Gasteiger partial charge >= 0.3 is 18.3 Å². The zero-order valence-electron chi connectivity index (χ0n) is 16.9. The highest BCUT2D eigenvalue weighted by Crippen LogP contribution is 2.38. The van der Waals surface area contributed by atoms with Crippen LogP contribution in [0.1, 0.15) is 36.8 Å². The smallest absolute Gasteiger partial charge is 0.416 e. The molecule has 1 unspecified atom stereocenters. The van der Waals surface area contributed by atoms with Gasteiger partial charge in [-0.15, -0.1) is 0 Å². The Morgan fingerprint density at radius 2 is 1.84 bits per heavy atom. The van der Waals surface area contributed by atoms with Crippen LogP contribution in [0.25, 0.3) is 0 Å². The van der Waals surface area contributed by atoms with Crippen LogP contribution in [0.3, 0.4) is 0 Å². The van der Waals surface area contributed by atoms with Crippen molar-refractivity contribution in [2.45, 2.75) is 50.6 Å². The first-order valence-corrected chi connectivity index (χ1v) is 10.1. The van der Waals surface area contributed by atoms with E-state index >= 15 is 0 Å². The Kier molecular flexibility index (Phi) is 7.02. The largest absolute Gasteiger partial charge is 0.481 e. The number of allylic oxidation sites excluding steroid dienone is 3. The van der Waals surface area contributed by atoms with Gasteiger partial charge in [0.1, 0.15) is 5.82 Å². The van der Waals surface area contributed by atoms with Gasteiger partial charge < -0.3 is 5.11 Å². The van der Waals surface area contributed by atoms with Crippen LogP contribution in [0, 0.1) is 17.7 Å². The molecule has 0 amide bonds. The monoisotopic (exact) mass is 465 g/mol. The number of piperidine rings is 1. The highest BCUT2D eigenvalue weighted by atomic mass is 19.4. The minimum Gasteiger partial charge on any atom is -0.481 e. The van der Waals surface area contributed by atoms with Crippen LogP contribution in [-0.4, -0.2) is 34.7 Å². The lowest BCUT2D eigenvalue weighted by atomic mass is 9.79. The number of carboxylic acids is 1. The van der Waals surface area contributed by atoms with E-state index < -0.39 is 47.2 Å². The number of aliphatic carboxylic acids is 1. The molecule has 1 N–H and O–H groups in total. The van der Waals surface area contributed by atoms with Crippen LogP contribution < -0.4 is 0 Å². The number of carbonyl (C=O) groups is 1. The Morgan fingerprint density at radius 3 is 2.41 bits per heavy atom. The summed E-state index contributed by atoms with van der Waals surface area (Å²) in [6.45, 7) is 0.152. The van der Waals surface area contributed by atoms with Crippen LogP contribution in [0.4, 0.5) is 30.7 Å². The van der Waals surface area contributed by atoms with E-state index in [1.165, 1.54) is 6.08 Å². The van der Waals surface area contributed by atoms with Crippen molar-refractivity contribution in [3.05, 3.63) is 58.9 Å². The summed E-state index contributed by atoms with van der Waals surface area (Å²) in [7, 11) is 0. The van der Waals surface area contributed by atoms with E-state index in [1.807, 2.05) is 0 Å². The lowest BCUT2D eigenvalue weighted by Crippen LogP contribution is -2.46. The number of alkyl halides is 6. The van der Waals surface area contributed by atoms with E-state index in [4.69, 9.17) is 5.11 Å². The zero-order valence-corrected chi connectivity index (χ0v) is 16.9. The third-order valence-corrected chi connectivity index (χ3v) is 6.03. The molecule has 0 aromatic heterocycles. The molecule has 0 spiro atoms. The van der Waals surface area contributed by atoms with Gasteiger partial charge in [-0.05, 0) is 55.8 Å². The average molecular weight is 465 g/mol. The third-order valence-electron chi connectivity index (χ3n) is 6.03. The maximum Gasteiger partial charge on any atom is 0.416 e. The number of rotatable bonds is 5. The van der Waals surface area contributed by atoms with E-state index in [-0.39, 0.29) is 30.9 Å². The van der Waals surface area contributed by atoms with Gasteiger partial charge in [0.05, 0.1) is 11.1 Å². The maximum atomic E-state index is 14.3. The Morgan fingerprint density at radius 1 is 1.12 bits per heavy atom. The van der Waals surface area contributed by atoms with Gasteiger partial charge in [-0.3, -0.25) is 9.69 Å². The fourth-order valence-corrected chi connectivity index (χ4v) is 4.42. The van der Waals surface area contributed by atoms with Crippen molar-refractivity contribution in [3.63, 3.8) is 0 Å². The second-order valence-corrected chi connectivity index (χ2v) is 8.25. The Labute approximate surface area is 180 Å². The molecule has 1 saturated heterocycles. The first-order valence-electron chi connectivity index (χ1n) is 10.1. The molecule has 32 heavy (non-hydrogen) atoms. The second-order valence-electron chi connectivity index (χ2n) is 8.25. The summed E-state index contributed by atoms with van der Waals surface area (Å²) in [5.41, 5.74) is -1.92. The molecular formula is C22H22F7NO2. The molecule has 1 aromatic carbocycles. The number of likely N-dealkylation sites (tertiary alicyclic amines) is 1. The molecule has 176 valence electrons. The lowest BCUT2D eigenvalue weighted by Gasteiger charge is -2.43. The molecular weight excluding hydrogens is 443 g/mol.